The molecule has 0 radical (unpaired) electrons. The highest BCUT2D eigenvalue weighted by Crippen LogP contribution is 2.14. The maximum atomic E-state index is 9.46. The summed E-state index contributed by atoms with van der Waals surface area (Å²) < 4.78 is 9.94. The Bertz CT molecular complexity index is 60.7. The Labute approximate surface area is 40.4 Å². The Morgan fingerprint density at radius 2 is 2.20 bits per heavy atom. The molecule has 0 atom stereocenters. The van der Waals surface area contributed by atoms with Crippen LogP contribution >= 0.6 is 24.4 Å². The number of hydrogen-bond donors (Lipinski definition) is 0. The summed E-state index contributed by atoms with van der Waals surface area (Å²) in [4.78, 5) is 0. The van der Waals surface area contributed by atoms with Crippen LogP contribution in [-0.2, 0) is 4.57 Å². The summed E-state index contributed by atoms with van der Waals surface area (Å²) in [5.74, 6) is 0. The lowest BCUT2D eigenvalue weighted by Crippen LogP contribution is -1.26. The van der Waals surface area contributed by atoms with Crippen LogP contribution in [0, 0.1) is 0 Å². The van der Waals surface area contributed by atoms with E-state index >= 15 is 0 Å². The van der Waals surface area contributed by atoms with Gasteiger partial charge in [-0.15, -0.1) is 0 Å². The average molecular weight is 153 g/mol. The molecular formula is C2H2BrOP. The van der Waals surface area contributed by atoms with Crippen LogP contribution in [-0.4, -0.2) is 0 Å². The highest BCUT2D eigenvalue weighted by molar-refractivity contribution is 9.13. The zero-order valence-electron chi connectivity index (χ0n) is 2.44. The summed E-state index contributed by atoms with van der Waals surface area (Å²) in [7, 11) is -0.0309. The first-order chi connectivity index (χ1) is 2.27. The molecule has 0 N–H and O–H groups in total. The second-order valence-electron chi connectivity index (χ2n) is 0.468. The van der Waals surface area contributed by atoms with Gasteiger partial charge in [-0.3, -0.25) is 4.57 Å². The largest absolute Gasteiger partial charge is 0.269 e. The van der Waals surface area contributed by atoms with Crippen LogP contribution in [0.15, 0.2) is 10.8 Å². The predicted octanol–water partition coefficient (Wildman–Crippen LogP) is 2.14. The molecule has 0 amide bonds. The van der Waals surface area contributed by atoms with Gasteiger partial charge >= 0.3 is 0 Å². The first kappa shape index (κ1) is 5.32. The Balaban J connectivity index is 3.20. The molecule has 3 heteroatoms. The minimum Gasteiger partial charge on any atom is -0.269 e. The molecule has 0 heterocycles. The van der Waals surface area contributed by atoms with Gasteiger partial charge in [-0.05, 0) is 15.9 Å². The number of halogens is 1. The third-order valence-electron chi connectivity index (χ3n) is 0.0991. The smallest absolute Gasteiger partial charge is 0.199 e. The molecule has 0 saturated heterocycles. The van der Waals surface area contributed by atoms with Crippen molar-refractivity contribution in [2.45, 2.75) is 0 Å². The van der Waals surface area contributed by atoms with E-state index in [2.05, 4.69) is 22.5 Å². The first-order valence-electron chi connectivity index (χ1n) is 0.949. The lowest BCUT2D eigenvalue weighted by atomic mass is 11.3. The zero-order valence-corrected chi connectivity index (χ0v) is 4.92. The molecule has 0 rings (SSSR count). The van der Waals surface area contributed by atoms with Gasteiger partial charge in [-0.25, -0.2) is 0 Å². The lowest BCUT2D eigenvalue weighted by Gasteiger charge is -1.60. The molecule has 0 aromatic heterocycles. The second kappa shape index (κ2) is 2.55. The molecule has 5 heavy (non-hydrogen) atoms. The van der Waals surface area contributed by atoms with Crippen LogP contribution in [0.4, 0.5) is 0 Å². The van der Waals surface area contributed by atoms with Gasteiger partial charge < -0.3 is 0 Å². The fraction of sp³-hybridized carbons (Fsp3) is 0. The molecule has 0 aliphatic heterocycles. The molecule has 0 unspecified atom stereocenters. The van der Waals surface area contributed by atoms with E-state index in [1.165, 1.54) is 0 Å². The normalized spacial score (nSPS) is 8.20. The van der Waals surface area contributed by atoms with E-state index in [0.717, 1.165) is 0 Å². The quantitative estimate of drug-likeness (QED) is 0.527. The van der Waals surface area contributed by atoms with E-state index in [1.807, 2.05) is 0 Å². The van der Waals surface area contributed by atoms with Gasteiger partial charge in [0.1, 0.15) is 0 Å². The lowest BCUT2D eigenvalue weighted by molar-refractivity contribution is 0.602. The van der Waals surface area contributed by atoms with E-state index in [0.29, 0.717) is 4.22 Å². The van der Waals surface area contributed by atoms with Crippen molar-refractivity contribution in [2.75, 3.05) is 0 Å². The van der Waals surface area contributed by atoms with Crippen molar-refractivity contribution >= 4 is 24.4 Å². The van der Waals surface area contributed by atoms with Crippen molar-refractivity contribution in [3.63, 3.8) is 0 Å². The van der Waals surface area contributed by atoms with Gasteiger partial charge in [-0.1, -0.05) is 6.58 Å². The monoisotopic (exact) mass is 152 g/mol. The van der Waals surface area contributed by atoms with Crippen LogP contribution in [0.1, 0.15) is 0 Å². The molecule has 0 fully saturated rings. The van der Waals surface area contributed by atoms with E-state index in [-0.39, 0.29) is 8.46 Å². The highest BCUT2D eigenvalue weighted by Gasteiger charge is 1.72. The Morgan fingerprint density at radius 3 is 2.20 bits per heavy atom. The topological polar surface area (TPSA) is 17.1 Å². The van der Waals surface area contributed by atoms with Crippen LogP contribution < -0.4 is 0 Å². The first-order valence-corrected chi connectivity index (χ1v) is 2.55. The zero-order chi connectivity index (χ0) is 4.28. The Kier molecular flexibility index (Phi) is 2.71. The van der Waals surface area contributed by atoms with Crippen molar-refractivity contribution in [1.29, 1.82) is 0 Å². The average Bonchev–Trinajstić information content (AvgIpc) is 1.38. The van der Waals surface area contributed by atoms with Crippen LogP contribution in [0.5, 0.6) is 0 Å². The highest BCUT2D eigenvalue weighted by atomic mass is 79.9. The van der Waals surface area contributed by atoms with Crippen molar-refractivity contribution in [3.05, 3.63) is 10.8 Å². The Hall–Kier alpha value is 0.320. The molecule has 28 valence electrons. The summed E-state index contributed by atoms with van der Waals surface area (Å²) in [6, 6.07) is 0. The van der Waals surface area contributed by atoms with Crippen molar-refractivity contribution in [1.82, 2.24) is 0 Å². The molecule has 0 spiro atoms. The maximum Gasteiger partial charge on any atom is 0.199 e. The summed E-state index contributed by atoms with van der Waals surface area (Å²) in [6.07, 6.45) is 0. The summed E-state index contributed by atoms with van der Waals surface area (Å²) in [6.45, 7) is 3.27. The molecule has 0 aliphatic carbocycles. The molecule has 1 nitrogen and oxygen atoms in total. The van der Waals surface area contributed by atoms with Gasteiger partial charge in [0.25, 0.3) is 0 Å². The van der Waals surface area contributed by atoms with Crippen LogP contribution in [0.3, 0.4) is 0 Å². The molecule has 0 aromatic carbocycles. The fourth-order valence-corrected chi connectivity index (χ4v) is 0. The number of rotatable bonds is 1. The third-order valence-corrected chi connectivity index (χ3v) is 0.732. The maximum absolute atomic E-state index is 9.46. The van der Waals surface area contributed by atoms with Gasteiger partial charge in [0.15, 0.2) is 8.46 Å². The van der Waals surface area contributed by atoms with Gasteiger partial charge in [0.2, 0.25) is 0 Å². The van der Waals surface area contributed by atoms with Crippen LogP contribution in [0.25, 0.3) is 0 Å². The van der Waals surface area contributed by atoms with Crippen LogP contribution in [0.2, 0.25) is 0 Å². The fourth-order valence-electron chi connectivity index (χ4n) is 0. The minimum absolute atomic E-state index is 0.0309. The molecule has 0 aromatic rings. The van der Waals surface area contributed by atoms with E-state index in [9.17, 15) is 4.57 Å². The minimum atomic E-state index is -0.0309. The SMILES string of the molecule is C=C(Br)P=O. The number of hydrogen-bond acceptors (Lipinski definition) is 1. The van der Waals surface area contributed by atoms with E-state index < -0.39 is 0 Å². The Morgan fingerprint density at radius 1 is 2.00 bits per heavy atom. The van der Waals surface area contributed by atoms with E-state index in [4.69, 9.17) is 0 Å². The molecular weight excluding hydrogens is 151 g/mol. The summed E-state index contributed by atoms with van der Waals surface area (Å²) >= 11 is 2.85. The predicted molar refractivity (Wildman–Crippen MR) is 25.7 cm³/mol. The van der Waals surface area contributed by atoms with Crippen molar-refractivity contribution in [2.24, 2.45) is 0 Å². The van der Waals surface area contributed by atoms with Gasteiger partial charge in [0.05, 0.1) is 4.22 Å². The standard InChI is InChI=1S/C2H2BrOP/c1-2(3)5-4/h1H2. The third kappa shape index (κ3) is 4.32. The van der Waals surface area contributed by atoms with Gasteiger partial charge in [-0.2, -0.15) is 0 Å². The van der Waals surface area contributed by atoms with E-state index in [1.54, 1.807) is 0 Å². The molecule has 0 aliphatic rings. The van der Waals surface area contributed by atoms with Gasteiger partial charge in [0, 0.05) is 0 Å². The molecule has 0 saturated carbocycles. The summed E-state index contributed by atoms with van der Waals surface area (Å²) in [5, 5.41) is 0. The summed E-state index contributed by atoms with van der Waals surface area (Å²) in [5.41, 5.74) is 0. The second-order valence-corrected chi connectivity index (χ2v) is 2.76. The van der Waals surface area contributed by atoms with Crippen molar-refractivity contribution in [3.8, 4) is 0 Å². The molecule has 0 bridgehead atoms. The van der Waals surface area contributed by atoms with Crippen molar-refractivity contribution < 1.29 is 4.57 Å².